The molecule has 2 saturated heterocycles. The van der Waals surface area contributed by atoms with E-state index in [1.165, 1.54) is 5.56 Å². The van der Waals surface area contributed by atoms with Gasteiger partial charge in [0.2, 0.25) is 0 Å². The van der Waals surface area contributed by atoms with Crippen LogP contribution in [0.5, 0.6) is 0 Å². The lowest BCUT2D eigenvalue weighted by Gasteiger charge is -2.49. The predicted octanol–water partition coefficient (Wildman–Crippen LogP) is 4.00. The summed E-state index contributed by atoms with van der Waals surface area (Å²) in [5.41, 5.74) is 3.02. The van der Waals surface area contributed by atoms with E-state index < -0.39 is 6.10 Å². The number of aliphatic hydroxyl groups excluding tert-OH is 1. The Labute approximate surface area is 179 Å². The number of hydrogen-bond acceptors (Lipinski definition) is 3. The summed E-state index contributed by atoms with van der Waals surface area (Å²) in [6.07, 6.45) is 6.84. The van der Waals surface area contributed by atoms with Crippen molar-refractivity contribution >= 4 is 12.0 Å². The zero-order valence-corrected chi connectivity index (χ0v) is 17.8. The summed E-state index contributed by atoms with van der Waals surface area (Å²) in [7, 11) is 0. The summed E-state index contributed by atoms with van der Waals surface area (Å²) in [5.74, 6) is 0.0550. The molecule has 1 amide bonds. The predicted molar refractivity (Wildman–Crippen MR) is 121 cm³/mol. The monoisotopic (exact) mass is 404 g/mol. The molecule has 0 aliphatic carbocycles. The first-order valence-electron chi connectivity index (χ1n) is 11.0. The molecule has 1 spiro atoms. The fraction of sp³-hybridized carbons (Fsp3) is 0.423. The summed E-state index contributed by atoms with van der Waals surface area (Å²) in [6.45, 7) is 6.14. The molecule has 2 fully saturated rings. The Kier molecular flexibility index (Phi) is 6.35. The summed E-state index contributed by atoms with van der Waals surface area (Å²) in [5, 5.41) is 10.6. The molecular weight excluding hydrogens is 372 g/mol. The van der Waals surface area contributed by atoms with Crippen LogP contribution in [0.15, 0.2) is 60.7 Å². The van der Waals surface area contributed by atoms with E-state index >= 15 is 0 Å². The molecule has 158 valence electrons. The lowest BCUT2D eigenvalue weighted by molar-refractivity contribution is -0.0313. The fourth-order valence-corrected chi connectivity index (χ4v) is 4.96. The lowest BCUT2D eigenvalue weighted by atomic mass is 9.71. The maximum absolute atomic E-state index is 13.1. The average molecular weight is 405 g/mol. The van der Waals surface area contributed by atoms with E-state index in [2.05, 4.69) is 41.3 Å². The Morgan fingerprint density at radius 3 is 2.53 bits per heavy atom. The Morgan fingerprint density at radius 1 is 1.10 bits per heavy atom. The standard InChI is InChI=1S/C26H32N2O2/c1-21-8-5-6-12-24(21)25(30)28-19-23(29)18-26(20-28)13-16-27(17-14-26)15-7-11-22-9-3-2-4-10-22/h2-12,23,29H,13-20H2,1H3/b11-7+. The van der Waals surface area contributed by atoms with Gasteiger partial charge in [0.05, 0.1) is 6.10 Å². The maximum atomic E-state index is 13.1. The van der Waals surface area contributed by atoms with Crippen LogP contribution < -0.4 is 0 Å². The van der Waals surface area contributed by atoms with Crippen molar-refractivity contribution in [2.75, 3.05) is 32.7 Å². The van der Waals surface area contributed by atoms with Gasteiger partial charge in [-0.05, 0) is 61.9 Å². The van der Waals surface area contributed by atoms with Crippen molar-refractivity contribution in [3.8, 4) is 0 Å². The molecule has 2 aromatic rings. The molecule has 0 bridgehead atoms. The van der Waals surface area contributed by atoms with Crippen LogP contribution in [-0.2, 0) is 0 Å². The van der Waals surface area contributed by atoms with E-state index in [0.29, 0.717) is 6.54 Å². The van der Waals surface area contributed by atoms with Crippen molar-refractivity contribution in [1.29, 1.82) is 0 Å². The Morgan fingerprint density at radius 2 is 1.80 bits per heavy atom. The van der Waals surface area contributed by atoms with Gasteiger partial charge in [0, 0.05) is 25.2 Å². The quantitative estimate of drug-likeness (QED) is 0.838. The molecule has 4 rings (SSSR count). The SMILES string of the molecule is Cc1ccccc1C(=O)N1CC(O)CC2(CCN(C/C=C/c3ccccc3)CC2)C1. The number of hydrogen-bond donors (Lipinski definition) is 1. The number of amides is 1. The molecular formula is C26H32N2O2. The molecule has 2 aromatic carbocycles. The van der Waals surface area contributed by atoms with Crippen LogP contribution in [0.2, 0.25) is 0 Å². The second-order valence-corrected chi connectivity index (χ2v) is 8.97. The highest BCUT2D eigenvalue weighted by atomic mass is 16.3. The molecule has 1 atom stereocenters. The molecule has 2 aliphatic rings. The fourth-order valence-electron chi connectivity index (χ4n) is 4.96. The molecule has 0 saturated carbocycles. The van der Waals surface area contributed by atoms with Crippen LogP contribution >= 0.6 is 0 Å². The van der Waals surface area contributed by atoms with Crippen LogP contribution in [0.4, 0.5) is 0 Å². The normalized spacial score (nSPS) is 21.9. The summed E-state index contributed by atoms with van der Waals surface area (Å²) in [4.78, 5) is 17.5. The van der Waals surface area contributed by atoms with Crippen molar-refractivity contribution in [2.24, 2.45) is 5.41 Å². The zero-order chi connectivity index (χ0) is 21.0. The minimum Gasteiger partial charge on any atom is -0.391 e. The number of nitrogens with zero attached hydrogens (tertiary/aromatic N) is 2. The van der Waals surface area contributed by atoms with Gasteiger partial charge in [0.1, 0.15) is 0 Å². The molecule has 4 nitrogen and oxygen atoms in total. The first-order chi connectivity index (χ1) is 14.5. The van der Waals surface area contributed by atoms with E-state index in [-0.39, 0.29) is 11.3 Å². The third-order valence-corrected chi connectivity index (χ3v) is 6.68. The van der Waals surface area contributed by atoms with Crippen molar-refractivity contribution in [3.63, 3.8) is 0 Å². The number of likely N-dealkylation sites (tertiary alicyclic amines) is 2. The number of piperidine rings is 2. The minimum atomic E-state index is -0.434. The largest absolute Gasteiger partial charge is 0.391 e. The number of benzene rings is 2. The zero-order valence-electron chi connectivity index (χ0n) is 17.8. The van der Waals surface area contributed by atoms with Crippen molar-refractivity contribution in [3.05, 3.63) is 77.4 Å². The van der Waals surface area contributed by atoms with Gasteiger partial charge >= 0.3 is 0 Å². The molecule has 1 N–H and O–H groups in total. The van der Waals surface area contributed by atoms with Gasteiger partial charge in [0.25, 0.3) is 5.91 Å². The average Bonchev–Trinajstić information content (AvgIpc) is 2.75. The van der Waals surface area contributed by atoms with Crippen molar-refractivity contribution in [2.45, 2.75) is 32.3 Å². The molecule has 30 heavy (non-hydrogen) atoms. The lowest BCUT2D eigenvalue weighted by Crippen LogP contribution is -2.55. The summed E-state index contributed by atoms with van der Waals surface area (Å²) >= 11 is 0. The highest BCUT2D eigenvalue weighted by molar-refractivity contribution is 5.95. The van der Waals surface area contributed by atoms with Crippen LogP contribution in [0.3, 0.4) is 0 Å². The second kappa shape index (κ2) is 9.15. The number of carbonyl (C=O) groups is 1. The van der Waals surface area contributed by atoms with Crippen molar-refractivity contribution in [1.82, 2.24) is 9.80 Å². The van der Waals surface area contributed by atoms with Crippen molar-refractivity contribution < 1.29 is 9.90 Å². The van der Waals surface area contributed by atoms with E-state index in [0.717, 1.165) is 56.6 Å². The Balaban J connectivity index is 1.36. The number of carbonyl (C=O) groups excluding carboxylic acids is 1. The van der Waals surface area contributed by atoms with E-state index in [1.807, 2.05) is 42.2 Å². The number of aliphatic hydroxyl groups is 1. The topological polar surface area (TPSA) is 43.8 Å². The van der Waals surface area contributed by atoms with Crippen LogP contribution in [0.25, 0.3) is 6.08 Å². The van der Waals surface area contributed by atoms with E-state index in [4.69, 9.17) is 0 Å². The van der Waals surface area contributed by atoms with Gasteiger partial charge in [-0.25, -0.2) is 0 Å². The summed E-state index contributed by atoms with van der Waals surface area (Å²) < 4.78 is 0. The number of aryl methyl sites for hydroxylation is 1. The minimum absolute atomic E-state index is 0.0374. The highest BCUT2D eigenvalue weighted by Crippen LogP contribution is 2.40. The summed E-state index contributed by atoms with van der Waals surface area (Å²) in [6, 6.07) is 18.1. The van der Waals surface area contributed by atoms with Crippen LogP contribution in [-0.4, -0.2) is 59.6 Å². The molecule has 0 aromatic heterocycles. The molecule has 2 heterocycles. The molecule has 0 radical (unpaired) electrons. The van der Waals surface area contributed by atoms with E-state index in [1.54, 1.807) is 0 Å². The van der Waals surface area contributed by atoms with Crippen LogP contribution in [0.1, 0.15) is 40.7 Å². The molecule has 2 aliphatic heterocycles. The maximum Gasteiger partial charge on any atom is 0.254 e. The molecule has 4 heteroatoms. The van der Waals surface area contributed by atoms with E-state index in [9.17, 15) is 9.90 Å². The number of rotatable bonds is 4. The van der Waals surface area contributed by atoms with Gasteiger partial charge in [-0.2, -0.15) is 0 Å². The van der Waals surface area contributed by atoms with Gasteiger partial charge in [-0.15, -0.1) is 0 Å². The third-order valence-electron chi connectivity index (χ3n) is 6.68. The third kappa shape index (κ3) is 4.82. The second-order valence-electron chi connectivity index (χ2n) is 8.97. The smallest absolute Gasteiger partial charge is 0.254 e. The molecule has 1 unspecified atom stereocenters. The van der Waals surface area contributed by atoms with Gasteiger partial charge in [-0.1, -0.05) is 60.7 Å². The first kappa shape index (κ1) is 20.8. The van der Waals surface area contributed by atoms with Crippen LogP contribution in [0, 0.1) is 12.3 Å². The number of β-amino-alcohol motifs (C(OH)–C–C–N with tert-alkyl or cyclic N) is 1. The first-order valence-corrected chi connectivity index (χ1v) is 11.0. The van der Waals surface area contributed by atoms with Gasteiger partial charge in [-0.3, -0.25) is 9.69 Å². The highest BCUT2D eigenvalue weighted by Gasteiger charge is 2.42. The van der Waals surface area contributed by atoms with Gasteiger partial charge in [0.15, 0.2) is 0 Å². The van der Waals surface area contributed by atoms with Gasteiger partial charge < -0.3 is 10.0 Å². The Bertz CT molecular complexity index is 885. The Hall–Kier alpha value is -2.43.